The van der Waals surface area contributed by atoms with Crippen LogP contribution in [0.1, 0.15) is 12.3 Å². The summed E-state index contributed by atoms with van der Waals surface area (Å²) in [4.78, 5) is 6.74. The van der Waals surface area contributed by atoms with E-state index < -0.39 is 6.43 Å². The van der Waals surface area contributed by atoms with Gasteiger partial charge in [0.25, 0.3) is 6.43 Å². The quantitative estimate of drug-likeness (QED) is 0.769. The van der Waals surface area contributed by atoms with Crippen molar-refractivity contribution in [2.24, 2.45) is 0 Å². The minimum absolute atomic E-state index is 0.129. The van der Waals surface area contributed by atoms with Gasteiger partial charge in [0.05, 0.1) is 18.0 Å². The second-order valence-electron chi connectivity index (χ2n) is 4.51. The number of aliphatic hydroxyl groups is 1. The number of aliphatic hydroxyl groups excluding tert-OH is 1. The average Bonchev–Trinajstić information content (AvgIpc) is 3.08. The molecule has 0 radical (unpaired) electrons. The maximum absolute atomic E-state index is 12.4. The number of thiophene rings is 1. The summed E-state index contributed by atoms with van der Waals surface area (Å²) in [7, 11) is 0. The highest BCUT2D eigenvalue weighted by Gasteiger charge is 2.13. The number of aromatic nitrogens is 2. The first-order valence-electron chi connectivity index (χ1n) is 6.67. The molecular formula is C13H17F2N3O2S. The molecule has 8 heteroatoms. The summed E-state index contributed by atoms with van der Waals surface area (Å²) in [5.41, 5.74) is 0. The van der Waals surface area contributed by atoms with E-state index in [-0.39, 0.29) is 19.7 Å². The van der Waals surface area contributed by atoms with Crippen molar-refractivity contribution < 1.29 is 18.4 Å². The second kappa shape index (κ2) is 8.16. The Balaban J connectivity index is 1.80. The predicted molar refractivity (Wildman–Crippen MR) is 75.5 cm³/mol. The third-order valence-corrected chi connectivity index (χ3v) is 3.75. The largest absolute Gasteiger partial charge is 0.395 e. The highest BCUT2D eigenvalue weighted by Crippen LogP contribution is 2.21. The zero-order valence-electron chi connectivity index (χ0n) is 11.4. The van der Waals surface area contributed by atoms with E-state index in [9.17, 15) is 8.78 Å². The second-order valence-corrected chi connectivity index (χ2v) is 5.46. The highest BCUT2D eigenvalue weighted by atomic mass is 32.1. The van der Waals surface area contributed by atoms with Gasteiger partial charge in [-0.15, -0.1) is 11.3 Å². The molecule has 0 aliphatic rings. The van der Waals surface area contributed by atoms with Crippen molar-refractivity contribution in [2.75, 3.05) is 26.2 Å². The lowest BCUT2D eigenvalue weighted by Gasteiger charge is -2.19. The van der Waals surface area contributed by atoms with Crippen LogP contribution in [-0.2, 0) is 6.42 Å². The lowest BCUT2D eigenvalue weighted by molar-refractivity contribution is 0.0775. The minimum atomic E-state index is -2.40. The molecule has 0 spiro atoms. The summed E-state index contributed by atoms with van der Waals surface area (Å²) in [6.45, 7) is 0.247. The van der Waals surface area contributed by atoms with Gasteiger partial charge in [0.1, 0.15) is 0 Å². The van der Waals surface area contributed by atoms with Crippen LogP contribution in [-0.4, -0.2) is 52.8 Å². The maximum Gasteiger partial charge on any atom is 0.251 e. The summed E-state index contributed by atoms with van der Waals surface area (Å²) >= 11 is 1.53. The standard InChI is InChI=1S/C13H17F2N3O2S/c14-11(15)9-18(6-7-19)5-1-4-12-16-13(17-20-12)10-3-2-8-21-10/h2-3,8,11,19H,1,4-7,9H2. The molecule has 21 heavy (non-hydrogen) atoms. The van der Waals surface area contributed by atoms with Crippen LogP contribution in [0.5, 0.6) is 0 Å². The van der Waals surface area contributed by atoms with E-state index in [2.05, 4.69) is 10.1 Å². The molecule has 116 valence electrons. The van der Waals surface area contributed by atoms with E-state index in [0.717, 1.165) is 4.88 Å². The number of halogens is 2. The Hall–Kier alpha value is -1.38. The molecule has 5 nitrogen and oxygen atoms in total. The molecule has 1 N–H and O–H groups in total. The summed E-state index contributed by atoms with van der Waals surface area (Å²) in [5.74, 6) is 1.05. The molecule has 0 saturated carbocycles. The molecule has 0 unspecified atom stereocenters. The van der Waals surface area contributed by atoms with Crippen LogP contribution in [0, 0.1) is 0 Å². The van der Waals surface area contributed by atoms with E-state index in [1.54, 1.807) is 0 Å². The van der Waals surface area contributed by atoms with Gasteiger partial charge in [0.15, 0.2) is 0 Å². The topological polar surface area (TPSA) is 62.4 Å². The molecule has 0 bridgehead atoms. The molecule has 0 fully saturated rings. The number of nitrogens with zero attached hydrogens (tertiary/aromatic N) is 3. The SMILES string of the molecule is OCCN(CCCc1nc(-c2cccs2)no1)CC(F)F. The molecule has 0 aliphatic heterocycles. The Morgan fingerprint density at radius 3 is 2.90 bits per heavy atom. The van der Waals surface area contributed by atoms with Crippen molar-refractivity contribution >= 4 is 11.3 Å². The molecule has 0 amide bonds. The number of alkyl halides is 2. The van der Waals surface area contributed by atoms with Crippen LogP contribution in [0.3, 0.4) is 0 Å². The van der Waals surface area contributed by atoms with Gasteiger partial charge in [-0.25, -0.2) is 8.78 Å². The molecule has 0 saturated heterocycles. The normalized spacial score (nSPS) is 11.7. The molecule has 0 aromatic carbocycles. The fourth-order valence-corrected chi connectivity index (χ4v) is 2.60. The monoisotopic (exact) mass is 317 g/mol. The van der Waals surface area contributed by atoms with Crippen LogP contribution in [0.15, 0.2) is 22.0 Å². The summed E-state index contributed by atoms with van der Waals surface area (Å²) in [6.07, 6.45) is -1.24. The first kappa shape index (κ1) is 16.0. The van der Waals surface area contributed by atoms with Gasteiger partial charge < -0.3 is 9.63 Å². The van der Waals surface area contributed by atoms with E-state index in [4.69, 9.17) is 9.63 Å². The van der Waals surface area contributed by atoms with Gasteiger partial charge in [-0.3, -0.25) is 4.90 Å². The third kappa shape index (κ3) is 5.14. The van der Waals surface area contributed by atoms with Crippen molar-refractivity contribution in [1.29, 1.82) is 0 Å². The molecule has 0 aliphatic carbocycles. The van der Waals surface area contributed by atoms with Crippen molar-refractivity contribution in [2.45, 2.75) is 19.3 Å². The number of aryl methyl sites for hydroxylation is 1. The van der Waals surface area contributed by atoms with Crippen molar-refractivity contribution in [3.05, 3.63) is 23.4 Å². The molecule has 2 rings (SSSR count). The van der Waals surface area contributed by atoms with Gasteiger partial charge in [0.2, 0.25) is 11.7 Å². The number of hydrogen-bond donors (Lipinski definition) is 1. The van der Waals surface area contributed by atoms with Crippen LogP contribution in [0.4, 0.5) is 8.78 Å². The summed E-state index contributed by atoms with van der Waals surface area (Å²) in [6, 6.07) is 3.82. The molecule has 0 atom stereocenters. The lowest BCUT2D eigenvalue weighted by atomic mass is 10.3. The van der Waals surface area contributed by atoms with Crippen LogP contribution >= 0.6 is 11.3 Å². The van der Waals surface area contributed by atoms with E-state index in [1.165, 1.54) is 16.2 Å². The number of rotatable bonds is 9. The summed E-state index contributed by atoms with van der Waals surface area (Å²) < 4.78 is 29.9. The van der Waals surface area contributed by atoms with Gasteiger partial charge in [-0.2, -0.15) is 4.98 Å². The van der Waals surface area contributed by atoms with Gasteiger partial charge >= 0.3 is 0 Å². The smallest absolute Gasteiger partial charge is 0.251 e. The van der Waals surface area contributed by atoms with Crippen molar-refractivity contribution in [3.8, 4) is 10.7 Å². The minimum Gasteiger partial charge on any atom is -0.395 e. The average molecular weight is 317 g/mol. The van der Waals surface area contributed by atoms with Gasteiger partial charge in [-0.05, 0) is 24.4 Å². The maximum atomic E-state index is 12.4. The first-order valence-corrected chi connectivity index (χ1v) is 7.55. The van der Waals surface area contributed by atoms with Crippen LogP contribution in [0.2, 0.25) is 0 Å². The Bertz CT molecular complexity index is 519. The Labute approximate surface area is 125 Å². The van der Waals surface area contributed by atoms with Crippen LogP contribution < -0.4 is 0 Å². The van der Waals surface area contributed by atoms with Gasteiger partial charge in [0, 0.05) is 13.0 Å². The zero-order valence-corrected chi connectivity index (χ0v) is 12.2. The molecular weight excluding hydrogens is 300 g/mol. The van der Waals surface area contributed by atoms with E-state index in [1.807, 2.05) is 17.5 Å². The van der Waals surface area contributed by atoms with Crippen molar-refractivity contribution in [1.82, 2.24) is 15.0 Å². The predicted octanol–water partition coefficient (Wildman–Crippen LogP) is 2.29. The van der Waals surface area contributed by atoms with Crippen molar-refractivity contribution in [3.63, 3.8) is 0 Å². The molecule has 2 aromatic heterocycles. The third-order valence-electron chi connectivity index (χ3n) is 2.89. The van der Waals surface area contributed by atoms with Gasteiger partial charge in [-0.1, -0.05) is 11.2 Å². The Morgan fingerprint density at radius 2 is 2.24 bits per heavy atom. The van der Waals surface area contributed by atoms with E-state index in [0.29, 0.717) is 31.1 Å². The summed E-state index contributed by atoms with van der Waals surface area (Å²) in [5, 5.41) is 14.7. The Kier molecular flexibility index (Phi) is 6.21. The van der Waals surface area contributed by atoms with E-state index >= 15 is 0 Å². The zero-order chi connectivity index (χ0) is 15.1. The molecule has 2 aromatic rings. The molecule has 2 heterocycles. The fourth-order valence-electron chi connectivity index (χ4n) is 1.95. The van der Waals surface area contributed by atoms with Crippen LogP contribution in [0.25, 0.3) is 10.7 Å². The number of hydrogen-bond acceptors (Lipinski definition) is 6. The Morgan fingerprint density at radius 1 is 1.38 bits per heavy atom. The first-order chi connectivity index (χ1) is 10.2. The fraction of sp³-hybridized carbons (Fsp3) is 0.538. The lowest BCUT2D eigenvalue weighted by Crippen LogP contribution is -2.32. The highest BCUT2D eigenvalue weighted by molar-refractivity contribution is 7.13.